The second-order valence-electron chi connectivity index (χ2n) is 7.17. The van der Waals surface area contributed by atoms with Crippen LogP contribution in [0.15, 0.2) is 24.4 Å². The lowest BCUT2D eigenvalue weighted by Crippen LogP contribution is -2.49. The smallest absolute Gasteiger partial charge is 0.276 e. The molecule has 2 fully saturated rings. The summed E-state index contributed by atoms with van der Waals surface area (Å²) >= 11 is 6.14. The highest BCUT2D eigenvalue weighted by Crippen LogP contribution is 2.25. The molecule has 0 spiro atoms. The molecule has 7 nitrogen and oxygen atoms in total. The fourth-order valence-corrected chi connectivity index (χ4v) is 3.88. The molecule has 0 unspecified atom stereocenters. The SMILES string of the molecule is Cc1ccc(Cl)cc1N1CCN(C(=O)c2cn(C[C@@H]3CCCO3)nn2)CC1. The second kappa shape index (κ2) is 7.86. The number of nitrogens with zero attached hydrogens (tertiary/aromatic N) is 5. The van der Waals surface area contributed by atoms with E-state index in [0.717, 1.165) is 43.2 Å². The molecular formula is C19H24ClN5O2. The molecule has 0 saturated carbocycles. The van der Waals surface area contributed by atoms with E-state index in [4.69, 9.17) is 16.3 Å². The monoisotopic (exact) mass is 389 g/mol. The van der Waals surface area contributed by atoms with Gasteiger partial charge in [0.1, 0.15) is 0 Å². The summed E-state index contributed by atoms with van der Waals surface area (Å²) in [6, 6.07) is 5.92. The number of aromatic nitrogens is 3. The van der Waals surface area contributed by atoms with E-state index in [9.17, 15) is 4.79 Å². The number of benzene rings is 1. The number of carbonyl (C=O) groups excluding carboxylic acids is 1. The van der Waals surface area contributed by atoms with E-state index in [2.05, 4.69) is 22.1 Å². The third-order valence-corrected chi connectivity index (χ3v) is 5.49. The zero-order chi connectivity index (χ0) is 18.8. The van der Waals surface area contributed by atoms with Crippen LogP contribution in [0.1, 0.15) is 28.9 Å². The Bertz CT molecular complexity index is 810. The van der Waals surface area contributed by atoms with Gasteiger partial charge in [0.05, 0.1) is 18.8 Å². The van der Waals surface area contributed by atoms with Crippen LogP contribution in [0.4, 0.5) is 5.69 Å². The lowest BCUT2D eigenvalue weighted by Gasteiger charge is -2.36. The predicted molar refractivity (Wildman–Crippen MR) is 103 cm³/mol. The van der Waals surface area contributed by atoms with Crippen molar-refractivity contribution in [3.8, 4) is 0 Å². The molecule has 2 aliphatic heterocycles. The van der Waals surface area contributed by atoms with Crippen molar-refractivity contribution < 1.29 is 9.53 Å². The molecule has 0 radical (unpaired) electrons. The van der Waals surface area contributed by atoms with Crippen molar-refractivity contribution in [3.05, 3.63) is 40.7 Å². The van der Waals surface area contributed by atoms with Crippen molar-refractivity contribution in [3.63, 3.8) is 0 Å². The number of hydrogen-bond donors (Lipinski definition) is 0. The Morgan fingerprint density at radius 2 is 2.11 bits per heavy atom. The molecule has 1 aromatic heterocycles. The highest BCUT2D eigenvalue weighted by molar-refractivity contribution is 6.30. The topological polar surface area (TPSA) is 63.5 Å². The average molecular weight is 390 g/mol. The Morgan fingerprint density at radius 3 is 2.85 bits per heavy atom. The predicted octanol–water partition coefficient (Wildman–Crippen LogP) is 2.38. The molecular weight excluding hydrogens is 366 g/mol. The number of hydrogen-bond acceptors (Lipinski definition) is 5. The fourth-order valence-electron chi connectivity index (χ4n) is 3.72. The second-order valence-corrected chi connectivity index (χ2v) is 7.61. The lowest BCUT2D eigenvalue weighted by atomic mass is 10.1. The molecule has 3 heterocycles. The molecule has 0 aliphatic carbocycles. The van der Waals surface area contributed by atoms with Crippen LogP contribution < -0.4 is 4.90 Å². The van der Waals surface area contributed by atoms with Gasteiger partial charge in [-0.25, -0.2) is 4.68 Å². The maximum absolute atomic E-state index is 12.8. The zero-order valence-electron chi connectivity index (χ0n) is 15.5. The first kappa shape index (κ1) is 18.3. The molecule has 1 amide bonds. The summed E-state index contributed by atoms with van der Waals surface area (Å²) < 4.78 is 7.33. The number of aryl methyl sites for hydroxylation is 1. The average Bonchev–Trinajstić information content (AvgIpc) is 3.36. The Balaban J connectivity index is 1.36. The molecule has 2 aromatic rings. The summed E-state index contributed by atoms with van der Waals surface area (Å²) in [5, 5.41) is 8.90. The van der Waals surface area contributed by atoms with Gasteiger partial charge < -0.3 is 14.5 Å². The number of ether oxygens (including phenoxy) is 1. The Labute approximate surface area is 163 Å². The zero-order valence-corrected chi connectivity index (χ0v) is 16.2. The van der Waals surface area contributed by atoms with E-state index < -0.39 is 0 Å². The minimum atomic E-state index is -0.0592. The van der Waals surface area contributed by atoms with Gasteiger partial charge in [-0.3, -0.25) is 4.79 Å². The molecule has 8 heteroatoms. The Hall–Kier alpha value is -2.12. The summed E-state index contributed by atoms with van der Waals surface area (Å²) in [4.78, 5) is 16.9. The number of rotatable bonds is 4. The van der Waals surface area contributed by atoms with E-state index in [-0.39, 0.29) is 12.0 Å². The van der Waals surface area contributed by atoms with Gasteiger partial charge >= 0.3 is 0 Å². The third-order valence-electron chi connectivity index (χ3n) is 5.25. The van der Waals surface area contributed by atoms with Gasteiger partial charge in [-0.2, -0.15) is 0 Å². The van der Waals surface area contributed by atoms with Crippen molar-refractivity contribution in [1.29, 1.82) is 0 Å². The molecule has 1 atom stereocenters. The number of piperazine rings is 1. The van der Waals surface area contributed by atoms with Gasteiger partial charge in [0.25, 0.3) is 5.91 Å². The van der Waals surface area contributed by atoms with Crippen molar-refractivity contribution in [2.45, 2.75) is 32.4 Å². The van der Waals surface area contributed by atoms with Crippen molar-refractivity contribution in [2.75, 3.05) is 37.7 Å². The summed E-state index contributed by atoms with van der Waals surface area (Å²) in [6.07, 6.45) is 4.03. The van der Waals surface area contributed by atoms with Gasteiger partial charge in [0, 0.05) is 43.5 Å². The number of carbonyl (C=O) groups is 1. The summed E-state index contributed by atoms with van der Waals surface area (Å²) in [6.45, 7) is 6.40. The van der Waals surface area contributed by atoms with Crippen LogP contribution in [0.3, 0.4) is 0 Å². The first-order valence-corrected chi connectivity index (χ1v) is 9.80. The largest absolute Gasteiger partial charge is 0.376 e. The van der Waals surface area contributed by atoms with Crippen LogP contribution in [0, 0.1) is 6.92 Å². The minimum absolute atomic E-state index is 0.0592. The highest BCUT2D eigenvalue weighted by atomic mass is 35.5. The van der Waals surface area contributed by atoms with Crippen molar-refractivity contribution in [1.82, 2.24) is 19.9 Å². The minimum Gasteiger partial charge on any atom is -0.376 e. The van der Waals surface area contributed by atoms with Crippen LogP contribution in [0.5, 0.6) is 0 Å². The van der Waals surface area contributed by atoms with Gasteiger partial charge in [-0.1, -0.05) is 22.9 Å². The lowest BCUT2D eigenvalue weighted by molar-refractivity contribution is 0.0740. The molecule has 4 rings (SSSR count). The van der Waals surface area contributed by atoms with Crippen LogP contribution >= 0.6 is 11.6 Å². The van der Waals surface area contributed by atoms with Gasteiger partial charge in [-0.15, -0.1) is 5.10 Å². The molecule has 2 aliphatic rings. The molecule has 2 saturated heterocycles. The quantitative estimate of drug-likeness (QED) is 0.803. The van der Waals surface area contributed by atoms with E-state index in [0.29, 0.717) is 25.3 Å². The Kier molecular flexibility index (Phi) is 5.31. The van der Waals surface area contributed by atoms with E-state index in [1.165, 1.54) is 5.56 Å². The molecule has 1 aromatic carbocycles. The number of anilines is 1. The van der Waals surface area contributed by atoms with E-state index >= 15 is 0 Å². The summed E-state index contributed by atoms with van der Waals surface area (Å²) in [5.41, 5.74) is 2.73. The molecule has 0 N–H and O–H groups in total. The third kappa shape index (κ3) is 4.09. The van der Waals surface area contributed by atoms with Gasteiger partial charge in [-0.05, 0) is 37.5 Å². The van der Waals surface area contributed by atoms with Crippen molar-refractivity contribution in [2.24, 2.45) is 0 Å². The standard InChI is InChI=1S/C19H24ClN5O2/c1-14-4-5-15(20)11-18(14)23-6-8-24(9-7-23)19(26)17-13-25(22-21-17)12-16-3-2-10-27-16/h4-5,11,13,16H,2-3,6-10,12H2,1H3/t16-/m0/s1. The maximum atomic E-state index is 12.8. The highest BCUT2D eigenvalue weighted by Gasteiger charge is 2.25. The van der Waals surface area contributed by atoms with E-state index in [1.54, 1.807) is 10.9 Å². The van der Waals surface area contributed by atoms with Crippen molar-refractivity contribution >= 4 is 23.2 Å². The van der Waals surface area contributed by atoms with Gasteiger partial charge in [0.2, 0.25) is 0 Å². The Morgan fingerprint density at radius 1 is 1.30 bits per heavy atom. The van der Waals surface area contributed by atoms with Crippen LogP contribution in [0.2, 0.25) is 5.02 Å². The summed E-state index contributed by atoms with van der Waals surface area (Å²) in [5.74, 6) is -0.0592. The first-order chi connectivity index (χ1) is 13.1. The van der Waals surface area contributed by atoms with Crippen LogP contribution in [-0.2, 0) is 11.3 Å². The normalized spacial score (nSPS) is 20.3. The summed E-state index contributed by atoms with van der Waals surface area (Å²) in [7, 11) is 0. The van der Waals surface area contributed by atoms with Gasteiger partial charge in [0.15, 0.2) is 5.69 Å². The molecule has 144 valence electrons. The molecule has 0 bridgehead atoms. The van der Waals surface area contributed by atoms with Crippen LogP contribution in [-0.4, -0.2) is 64.7 Å². The molecule has 27 heavy (non-hydrogen) atoms. The number of halogens is 1. The first-order valence-electron chi connectivity index (χ1n) is 9.42. The van der Waals surface area contributed by atoms with Crippen LogP contribution in [0.25, 0.3) is 0 Å². The number of amides is 1. The fraction of sp³-hybridized carbons (Fsp3) is 0.526. The maximum Gasteiger partial charge on any atom is 0.276 e. The van der Waals surface area contributed by atoms with E-state index in [1.807, 2.05) is 23.1 Å².